The average molecular weight is 312 g/mol. The van der Waals surface area contributed by atoms with Crippen LogP contribution in [0.5, 0.6) is 0 Å². The lowest BCUT2D eigenvalue weighted by Gasteiger charge is -2.33. The third-order valence-electron chi connectivity index (χ3n) is 4.42. The van der Waals surface area contributed by atoms with Crippen molar-refractivity contribution in [2.45, 2.75) is 26.2 Å². The Balaban J connectivity index is 1.53. The van der Waals surface area contributed by atoms with Gasteiger partial charge >= 0.3 is 0 Å². The Kier molecular flexibility index (Phi) is 4.95. The maximum Gasteiger partial charge on any atom is 0.267 e. The first-order chi connectivity index (χ1) is 11.3. The lowest BCUT2D eigenvalue weighted by atomic mass is 9.98. The van der Waals surface area contributed by atoms with Gasteiger partial charge < -0.3 is 15.2 Å². The Bertz CT molecular complexity index is 637. The van der Waals surface area contributed by atoms with Crippen LogP contribution in [0.25, 0.3) is 0 Å². The molecule has 122 valence electrons. The van der Waals surface area contributed by atoms with Crippen LogP contribution in [0.3, 0.4) is 0 Å². The van der Waals surface area contributed by atoms with E-state index in [0.29, 0.717) is 18.2 Å². The number of hydrogen-bond acceptors (Lipinski definition) is 3. The normalized spacial score (nSPS) is 18.0. The van der Waals surface area contributed by atoms with Gasteiger partial charge in [-0.15, -0.1) is 0 Å². The van der Waals surface area contributed by atoms with E-state index in [-0.39, 0.29) is 5.91 Å². The van der Waals surface area contributed by atoms with Crippen molar-refractivity contribution in [3.63, 3.8) is 0 Å². The molecule has 2 aromatic heterocycles. The highest BCUT2D eigenvalue weighted by Crippen LogP contribution is 2.20. The monoisotopic (exact) mass is 312 g/mol. The van der Waals surface area contributed by atoms with E-state index in [2.05, 4.69) is 27.1 Å². The summed E-state index contributed by atoms with van der Waals surface area (Å²) in [5.41, 5.74) is 1.74. The molecule has 0 radical (unpaired) electrons. The smallest absolute Gasteiger partial charge is 0.267 e. The Morgan fingerprint density at radius 1 is 1.39 bits per heavy atom. The predicted octanol–water partition coefficient (Wildman–Crippen LogP) is 2.62. The summed E-state index contributed by atoms with van der Waals surface area (Å²) in [4.78, 5) is 22.1. The summed E-state index contributed by atoms with van der Waals surface area (Å²) in [7, 11) is 0. The zero-order valence-electron chi connectivity index (χ0n) is 13.6. The maximum absolute atomic E-state index is 12.2. The molecule has 0 aromatic carbocycles. The molecule has 23 heavy (non-hydrogen) atoms. The van der Waals surface area contributed by atoms with Crippen molar-refractivity contribution < 1.29 is 4.79 Å². The van der Waals surface area contributed by atoms with Crippen LogP contribution in [-0.4, -0.2) is 35.5 Å². The molecule has 0 spiro atoms. The van der Waals surface area contributed by atoms with Crippen molar-refractivity contribution in [3.8, 4) is 0 Å². The van der Waals surface area contributed by atoms with Crippen molar-refractivity contribution in [2.24, 2.45) is 5.92 Å². The first-order valence-corrected chi connectivity index (χ1v) is 8.38. The van der Waals surface area contributed by atoms with Gasteiger partial charge in [0.2, 0.25) is 0 Å². The fraction of sp³-hybridized carbons (Fsp3) is 0.444. The van der Waals surface area contributed by atoms with Crippen molar-refractivity contribution in [1.82, 2.24) is 15.3 Å². The number of aromatic nitrogens is 2. The summed E-state index contributed by atoms with van der Waals surface area (Å²) in [5, 5.41) is 3.06. The molecule has 1 aliphatic rings. The van der Waals surface area contributed by atoms with Crippen LogP contribution in [0.1, 0.15) is 35.9 Å². The molecule has 5 heteroatoms. The number of H-pyrrole nitrogens is 1. The topological polar surface area (TPSA) is 61.0 Å². The largest absolute Gasteiger partial charge is 0.356 e. The number of nitrogens with zero attached hydrogens (tertiary/aromatic N) is 2. The van der Waals surface area contributed by atoms with E-state index in [1.54, 1.807) is 0 Å². The SMILES string of the molecule is CCc1ccc(C(=O)NCC2CCCN(c3ccccn3)C2)[nH]1. The van der Waals surface area contributed by atoms with Crippen LogP contribution in [0.15, 0.2) is 36.5 Å². The first kappa shape index (κ1) is 15.6. The second-order valence-corrected chi connectivity index (χ2v) is 6.10. The average Bonchev–Trinajstić information content (AvgIpc) is 3.10. The minimum absolute atomic E-state index is 0.0142. The van der Waals surface area contributed by atoms with Crippen LogP contribution >= 0.6 is 0 Å². The third-order valence-corrected chi connectivity index (χ3v) is 4.42. The number of carbonyl (C=O) groups excluding carboxylic acids is 1. The molecule has 0 saturated carbocycles. The number of aromatic amines is 1. The first-order valence-electron chi connectivity index (χ1n) is 8.38. The second-order valence-electron chi connectivity index (χ2n) is 6.10. The number of pyridine rings is 1. The molecule has 5 nitrogen and oxygen atoms in total. The lowest BCUT2D eigenvalue weighted by Crippen LogP contribution is -2.41. The van der Waals surface area contributed by atoms with Crippen LogP contribution in [0.4, 0.5) is 5.82 Å². The summed E-state index contributed by atoms with van der Waals surface area (Å²) >= 11 is 0. The van der Waals surface area contributed by atoms with Crippen molar-refractivity contribution in [3.05, 3.63) is 47.9 Å². The van der Waals surface area contributed by atoms with Gasteiger partial charge in [-0.3, -0.25) is 4.79 Å². The Morgan fingerprint density at radius 3 is 3.04 bits per heavy atom. The van der Waals surface area contributed by atoms with Gasteiger partial charge in [0.05, 0.1) is 0 Å². The molecule has 2 aromatic rings. The Morgan fingerprint density at radius 2 is 2.30 bits per heavy atom. The summed E-state index contributed by atoms with van der Waals surface area (Å²) in [6.45, 7) is 4.77. The number of amides is 1. The summed E-state index contributed by atoms with van der Waals surface area (Å²) < 4.78 is 0. The number of piperidine rings is 1. The molecular formula is C18H24N4O. The van der Waals surface area contributed by atoms with Gasteiger partial charge in [0.25, 0.3) is 5.91 Å². The molecule has 0 aliphatic carbocycles. The zero-order valence-corrected chi connectivity index (χ0v) is 13.6. The highest BCUT2D eigenvalue weighted by Gasteiger charge is 2.21. The predicted molar refractivity (Wildman–Crippen MR) is 91.7 cm³/mol. The minimum Gasteiger partial charge on any atom is -0.356 e. The molecule has 3 heterocycles. The number of rotatable bonds is 5. The molecule has 3 rings (SSSR count). The van der Waals surface area contributed by atoms with Gasteiger partial charge in [0, 0.05) is 31.5 Å². The molecule has 1 fully saturated rings. The fourth-order valence-corrected chi connectivity index (χ4v) is 3.09. The molecule has 0 bridgehead atoms. The highest BCUT2D eigenvalue weighted by atomic mass is 16.1. The van der Waals surface area contributed by atoms with E-state index in [4.69, 9.17) is 0 Å². The van der Waals surface area contributed by atoms with Crippen LogP contribution in [0, 0.1) is 5.92 Å². The van der Waals surface area contributed by atoms with Gasteiger partial charge in [0.1, 0.15) is 11.5 Å². The van der Waals surface area contributed by atoms with Crippen LogP contribution in [0.2, 0.25) is 0 Å². The second kappa shape index (κ2) is 7.31. The molecular weight excluding hydrogens is 288 g/mol. The molecule has 2 N–H and O–H groups in total. The molecule has 1 amide bonds. The summed E-state index contributed by atoms with van der Waals surface area (Å²) in [5.74, 6) is 1.48. The van der Waals surface area contributed by atoms with E-state index < -0.39 is 0 Å². The fourth-order valence-electron chi connectivity index (χ4n) is 3.09. The third kappa shape index (κ3) is 3.92. The number of hydrogen-bond donors (Lipinski definition) is 2. The molecule has 1 unspecified atom stereocenters. The van der Waals surface area contributed by atoms with E-state index in [0.717, 1.165) is 43.9 Å². The van der Waals surface area contributed by atoms with Crippen molar-refractivity contribution in [2.75, 3.05) is 24.5 Å². The van der Waals surface area contributed by atoms with Gasteiger partial charge in [-0.1, -0.05) is 13.0 Å². The van der Waals surface area contributed by atoms with E-state index >= 15 is 0 Å². The molecule has 1 saturated heterocycles. The number of carbonyl (C=O) groups is 1. The zero-order chi connectivity index (χ0) is 16.1. The Hall–Kier alpha value is -2.30. The Labute approximate surface area is 137 Å². The quantitative estimate of drug-likeness (QED) is 0.892. The van der Waals surface area contributed by atoms with E-state index in [1.165, 1.54) is 0 Å². The minimum atomic E-state index is -0.0142. The lowest BCUT2D eigenvalue weighted by molar-refractivity contribution is 0.0941. The van der Waals surface area contributed by atoms with Crippen LogP contribution < -0.4 is 10.2 Å². The van der Waals surface area contributed by atoms with E-state index in [9.17, 15) is 4.79 Å². The van der Waals surface area contributed by atoms with Gasteiger partial charge in [-0.2, -0.15) is 0 Å². The summed E-state index contributed by atoms with van der Waals surface area (Å²) in [6.07, 6.45) is 5.03. The van der Waals surface area contributed by atoms with E-state index in [1.807, 2.05) is 36.5 Å². The highest BCUT2D eigenvalue weighted by molar-refractivity contribution is 5.92. The van der Waals surface area contributed by atoms with Gasteiger partial charge in [0.15, 0.2) is 0 Å². The molecule has 1 atom stereocenters. The standard InChI is InChI=1S/C18H24N4O/c1-2-15-8-9-16(21-15)18(23)20-12-14-6-5-11-22(13-14)17-7-3-4-10-19-17/h3-4,7-10,14,21H,2,5-6,11-13H2,1H3,(H,20,23). The van der Waals surface area contributed by atoms with Crippen molar-refractivity contribution in [1.29, 1.82) is 0 Å². The number of anilines is 1. The molecule has 1 aliphatic heterocycles. The van der Waals surface area contributed by atoms with Crippen molar-refractivity contribution >= 4 is 11.7 Å². The van der Waals surface area contributed by atoms with Gasteiger partial charge in [-0.25, -0.2) is 4.98 Å². The van der Waals surface area contributed by atoms with Gasteiger partial charge in [-0.05, 0) is 49.4 Å². The maximum atomic E-state index is 12.2. The number of nitrogens with one attached hydrogen (secondary N) is 2. The summed E-state index contributed by atoms with van der Waals surface area (Å²) in [6, 6.07) is 9.83. The van der Waals surface area contributed by atoms with Crippen LogP contribution in [-0.2, 0) is 6.42 Å². The number of aryl methyl sites for hydroxylation is 1.